The van der Waals surface area contributed by atoms with Crippen LogP contribution in [0.15, 0.2) is 29.8 Å². The van der Waals surface area contributed by atoms with Crippen LogP contribution in [0.5, 0.6) is 0 Å². The van der Waals surface area contributed by atoms with Crippen LogP contribution < -0.4 is 0 Å². The molecule has 0 N–H and O–H groups in total. The summed E-state index contributed by atoms with van der Waals surface area (Å²) in [6.45, 7) is 2.12. The predicted octanol–water partition coefficient (Wildman–Crippen LogP) is 2.69. The highest BCUT2D eigenvalue weighted by atomic mass is 32.1. The molecular weight excluding hydrogens is 192 g/mol. The van der Waals surface area contributed by atoms with E-state index in [1.54, 1.807) is 11.3 Å². The van der Waals surface area contributed by atoms with Crippen molar-refractivity contribution in [1.29, 1.82) is 0 Å². The molecule has 2 rings (SSSR count). The van der Waals surface area contributed by atoms with Crippen molar-refractivity contribution in [3.05, 3.63) is 46.2 Å². The van der Waals surface area contributed by atoms with Crippen molar-refractivity contribution in [2.45, 2.75) is 19.8 Å². The van der Waals surface area contributed by atoms with Crippen molar-refractivity contribution in [2.75, 3.05) is 0 Å². The Bertz CT molecular complexity index is 395. The van der Waals surface area contributed by atoms with Crippen LogP contribution in [0.2, 0.25) is 0 Å². The van der Waals surface area contributed by atoms with Crippen molar-refractivity contribution >= 4 is 11.3 Å². The summed E-state index contributed by atoms with van der Waals surface area (Å²) in [6.07, 6.45) is 3.69. The summed E-state index contributed by atoms with van der Waals surface area (Å²) >= 11 is 1.72. The molecule has 2 heterocycles. The van der Waals surface area contributed by atoms with Crippen LogP contribution in [0.25, 0.3) is 0 Å². The van der Waals surface area contributed by atoms with Gasteiger partial charge in [-0.2, -0.15) is 0 Å². The van der Waals surface area contributed by atoms with Crippen LogP contribution >= 0.6 is 11.3 Å². The van der Waals surface area contributed by atoms with Crippen LogP contribution in [-0.4, -0.2) is 9.97 Å². The quantitative estimate of drug-likeness (QED) is 0.768. The van der Waals surface area contributed by atoms with Gasteiger partial charge in [0.1, 0.15) is 0 Å². The SMILES string of the molecule is CCc1csc(Cc2ccccn2)n1. The third-order valence-electron chi connectivity index (χ3n) is 2.02. The molecule has 0 amide bonds. The van der Waals surface area contributed by atoms with E-state index in [0.717, 1.165) is 23.5 Å². The van der Waals surface area contributed by atoms with E-state index in [1.165, 1.54) is 5.69 Å². The van der Waals surface area contributed by atoms with Crippen LogP contribution in [0, 0.1) is 0 Å². The van der Waals surface area contributed by atoms with Crippen molar-refractivity contribution in [1.82, 2.24) is 9.97 Å². The van der Waals surface area contributed by atoms with Gasteiger partial charge in [-0.3, -0.25) is 4.98 Å². The number of aryl methyl sites for hydroxylation is 1. The Labute approximate surface area is 87.7 Å². The number of aromatic nitrogens is 2. The van der Waals surface area contributed by atoms with Gasteiger partial charge in [0.05, 0.1) is 10.7 Å². The highest BCUT2D eigenvalue weighted by Gasteiger charge is 2.01. The zero-order chi connectivity index (χ0) is 9.80. The van der Waals surface area contributed by atoms with Crippen LogP contribution in [0.4, 0.5) is 0 Å². The average molecular weight is 204 g/mol. The Hall–Kier alpha value is -1.22. The van der Waals surface area contributed by atoms with Crippen molar-refractivity contribution in [3.63, 3.8) is 0 Å². The highest BCUT2D eigenvalue weighted by Crippen LogP contribution is 2.13. The van der Waals surface area contributed by atoms with E-state index in [9.17, 15) is 0 Å². The minimum absolute atomic E-state index is 0.853. The molecule has 0 saturated carbocycles. The fourth-order valence-electron chi connectivity index (χ4n) is 1.25. The lowest BCUT2D eigenvalue weighted by Gasteiger charge is -1.94. The Morgan fingerprint density at radius 1 is 1.29 bits per heavy atom. The second-order valence-corrected chi connectivity index (χ2v) is 4.03. The van der Waals surface area contributed by atoms with E-state index in [-0.39, 0.29) is 0 Å². The van der Waals surface area contributed by atoms with Gasteiger partial charge in [-0.05, 0) is 18.6 Å². The van der Waals surface area contributed by atoms with Gasteiger partial charge in [0.25, 0.3) is 0 Å². The van der Waals surface area contributed by atoms with Crippen molar-refractivity contribution in [3.8, 4) is 0 Å². The topological polar surface area (TPSA) is 25.8 Å². The highest BCUT2D eigenvalue weighted by molar-refractivity contribution is 7.09. The maximum atomic E-state index is 4.50. The first-order chi connectivity index (χ1) is 6.88. The molecule has 14 heavy (non-hydrogen) atoms. The molecule has 0 aliphatic carbocycles. The second-order valence-electron chi connectivity index (χ2n) is 3.08. The van der Waals surface area contributed by atoms with E-state index < -0.39 is 0 Å². The largest absolute Gasteiger partial charge is 0.261 e. The van der Waals surface area contributed by atoms with Crippen LogP contribution in [-0.2, 0) is 12.8 Å². The Kier molecular flexibility index (Phi) is 2.89. The first kappa shape index (κ1) is 9.34. The summed E-state index contributed by atoms with van der Waals surface area (Å²) in [5, 5.41) is 3.28. The molecule has 0 unspecified atom stereocenters. The van der Waals surface area contributed by atoms with E-state index in [0.29, 0.717) is 0 Å². The molecule has 0 atom stereocenters. The molecule has 2 nitrogen and oxygen atoms in total. The van der Waals surface area contributed by atoms with Crippen LogP contribution in [0.3, 0.4) is 0 Å². The van der Waals surface area contributed by atoms with Gasteiger partial charge >= 0.3 is 0 Å². The maximum absolute atomic E-state index is 4.50. The normalized spacial score (nSPS) is 10.4. The van der Waals surface area contributed by atoms with Crippen molar-refractivity contribution < 1.29 is 0 Å². The lowest BCUT2D eigenvalue weighted by molar-refractivity contribution is 0.994. The summed E-state index contributed by atoms with van der Waals surface area (Å²) in [7, 11) is 0. The summed E-state index contributed by atoms with van der Waals surface area (Å²) in [5.41, 5.74) is 2.27. The zero-order valence-corrected chi connectivity index (χ0v) is 8.92. The fraction of sp³-hybridized carbons (Fsp3) is 0.273. The molecule has 3 heteroatoms. The van der Waals surface area contributed by atoms with Gasteiger partial charge in [-0.25, -0.2) is 4.98 Å². The maximum Gasteiger partial charge on any atom is 0.0988 e. The lowest BCUT2D eigenvalue weighted by atomic mass is 10.3. The summed E-state index contributed by atoms with van der Waals surface area (Å²) in [6, 6.07) is 5.98. The fourth-order valence-corrected chi connectivity index (χ4v) is 2.14. The number of thiazole rings is 1. The lowest BCUT2D eigenvalue weighted by Crippen LogP contribution is -1.90. The van der Waals surface area contributed by atoms with E-state index in [4.69, 9.17) is 0 Å². The van der Waals surface area contributed by atoms with Gasteiger partial charge in [-0.1, -0.05) is 13.0 Å². The molecule has 2 aromatic heterocycles. The first-order valence-corrected chi connectivity index (χ1v) is 5.59. The predicted molar refractivity (Wildman–Crippen MR) is 58.5 cm³/mol. The van der Waals surface area contributed by atoms with Crippen LogP contribution in [0.1, 0.15) is 23.3 Å². The molecule has 0 spiro atoms. The molecule has 0 aliphatic rings. The van der Waals surface area contributed by atoms with Gasteiger partial charge in [-0.15, -0.1) is 11.3 Å². The number of hydrogen-bond acceptors (Lipinski definition) is 3. The van der Waals surface area contributed by atoms with Crippen molar-refractivity contribution in [2.24, 2.45) is 0 Å². The van der Waals surface area contributed by atoms with Gasteiger partial charge in [0.2, 0.25) is 0 Å². The average Bonchev–Trinajstić information content (AvgIpc) is 2.67. The number of nitrogens with zero attached hydrogens (tertiary/aromatic N) is 2. The number of rotatable bonds is 3. The third-order valence-corrected chi connectivity index (χ3v) is 2.92. The van der Waals surface area contributed by atoms with E-state index in [1.807, 2.05) is 24.4 Å². The molecule has 2 aromatic rings. The minimum Gasteiger partial charge on any atom is -0.261 e. The Balaban J connectivity index is 2.11. The molecule has 0 fully saturated rings. The molecule has 0 aromatic carbocycles. The minimum atomic E-state index is 0.853. The summed E-state index contributed by atoms with van der Waals surface area (Å²) in [4.78, 5) is 8.78. The van der Waals surface area contributed by atoms with Gasteiger partial charge < -0.3 is 0 Å². The van der Waals surface area contributed by atoms with Gasteiger partial charge in [0, 0.05) is 23.7 Å². The first-order valence-electron chi connectivity index (χ1n) is 4.71. The van der Waals surface area contributed by atoms with E-state index in [2.05, 4.69) is 22.3 Å². The second kappa shape index (κ2) is 4.33. The Morgan fingerprint density at radius 3 is 2.86 bits per heavy atom. The summed E-state index contributed by atoms with van der Waals surface area (Å²) < 4.78 is 0. The number of pyridine rings is 1. The molecular formula is C11H12N2S. The smallest absolute Gasteiger partial charge is 0.0988 e. The molecule has 0 bridgehead atoms. The Morgan fingerprint density at radius 2 is 2.21 bits per heavy atom. The summed E-state index contributed by atoms with van der Waals surface area (Å²) in [5.74, 6) is 0. The molecule has 0 aliphatic heterocycles. The molecule has 72 valence electrons. The third kappa shape index (κ3) is 2.17. The standard InChI is InChI=1S/C11H12N2S/c1-2-9-8-14-11(13-9)7-10-5-3-4-6-12-10/h3-6,8H,2,7H2,1H3. The zero-order valence-electron chi connectivity index (χ0n) is 8.10. The molecule has 0 saturated heterocycles. The monoisotopic (exact) mass is 204 g/mol. The van der Waals surface area contributed by atoms with Gasteiger partial charge in [0.15, 0.2) is 0 Å². The number of hydrogen-bond donors (Lipinski definition) is 0. The van der Waals surface area contributed by atoms with E-state index >= 15 is 0 Å². The molecule has 0 radical (unpaired) electrons.